The summed E-state index contributed by atoms with van der Waals surface area (Å²) in [4.78, 5) is 41.0. The van der Waals surface area contributed by atoms with E-state index in [4.69, 9.17) is 5.11 Å². The molecule has 0 aromatic heterocycles. The van der Waals surface area contributed by atoms with E-state index in [1.54, 1.807) is 6.08 Å². The number of likely N-dealkylation sites (tertiary alicyclic amines) is 1. The minimum absolute atomic E-state index is 0.0143. The first-order valence-corrected chi connectivity index (χ1v) is 8.38. The zero-order chi connectivity index (χ0) is 17.9. The van der Waals surface area contributed by atoms with Crippen molar-refractivity contribution in [1.82, 2.24) is 14.7 Å². The molecule has 0 radical (unpaired) electrons. The van der Waals surface area contributed by atoms with E-state index in [-0.39, 0.29) is 23.9 Å². The van der Waals surface area contributed by atoms with Gasteiger partial charge in [0.2, 0.25) is 11.8 Å². The van der Waals surface area contributed by atoms with Crippen molar-refractivity contribution in [3.05, 3.63) is 11.6 Å². The van der Waals surface area contributed by atoms with Crippen molar-refractivity contribution in [2.75, 3.05) is 39.8 Å². The number of carboxylic acid groups (broad SMARTS) is 1. The molecule has 24 heavy (non-hydrogen) atoms. The topological polar surface area (TPSA) is 81.2 Å². The number of likely N-dealkylation sites (N-methyl/N-ethyl adjacent to an activating group) is 1. The van der Waals surface area contributed by atoms with Gasteiger partial charge >= 0.3 is 5.97 Å². The lowest BCUT2D eigenvalue weighted by atomic mass is 9.86. The second-order valence-electron chi connectivity index (χ2n) is 7.09. The summed E-state index contributed by atoms with van der Waals surface area (Å²) >= 11 is 0. The third kappa shape index (κ3) is 4.14. The maximum Gasteiger partial charge on any atom is 0.323 e. The number of hydrogen-bond acceptors (Lipinski definition) is 4. The molecule has 0 aliphatic carbocycles. The summed E-state index contributed by atoms with van der Waals surface area (Å²) in [6.07, 6.45) is 3.30. The van der Waals surface area contributed by atoms with Crippen molar-refractivity contribution >= 4 is 17.8 Å². The monoisotopic (exact) mass is 337 g/mol. The van der Waals surface area contributed by atoms with Crippen LogP contribution in [0.2, 0.25) is 0 Å². The van der Waals surface area contributed by atoms with Crippen molar-refractivity contribution in [1.29, 1.82) is 0 Å². The second-order valence-corrected chi connectivity index (χ2v) is 7.09. The fourth-order valence-electron chi connectivity index (χ4n) is 3.55. The zero-order valence-electron chi connectivity index (χ0n) is 14.7. The predicted molar refractivity (Wildman–Crippen MR) is 89.4 cm³/mol. The Bertz CT molecular complexity index is 556. The highest BCUT2D eigenvalue weighted by Crippen LogP contribution is 2.32. The van der Waals surface area contributed by atoms with Crippen molar-refractivity contribution in [2.24, 2.45) is 0 Å². The van der Waals surface area contributed by atoms with Gasteiger partial charge in [-0.25, -0.2) is 0 Å². The van der Waals surface area contributed by atoms with E-state index >= 15 is 0 Å². The molecule has 0 bridgehead atoms. The molecule has 2 heterocycles. The Hall–Kier alpha value is -1.89. The average molecular weight is 337 g/mol. The molecule has 2 aliphatic rings. The molecule has 2 rings (SSSR count). The van der Waals surface area contributed by atoms with Gasteiger partial charge in [-0.1, -0.05) is 5.57 Å². The molecule has 7 heteroatoms. The summed E-state index contributed by atoms with van der Waals surface area (Å²) in [5, 5.41) is 8.96. The molecular weight excluding hydrogens is 310 g/mol. The first-order valence-electron chi connectivity index (χ1n) is 8.38. The van der Waals surface area contributed by atoms with Crippen LogP contribution >= 0.6 is 0 Å². The Kier molecular flexibility index (Phi) is 5.64. The van der Waals surface area contributed by atoms with E-state index in [2.05, 4.69) is 4.90 Å². The van der Waals surface area contributed by atoms with Crippen molar-refractivity contribution in [3.8, 4) is 0 Å². The first-order chi connectivity index (χ1) is 11.2. The number of carbonyl (C=O) groups excluding carboxylic acids is 2. The average Bonchev–Trinajstić information content (AvgIpc) is 2.63. The highest BCUT2D eigenvalue weighted by molar-refractivity contribution is 5.88. The summed E-state index contributed by atoms with van der Waals surface area (Å²) in [7, 11) is 2.03. The Morgan fingerprint density at radius 1 is 1.21 bits per heavy atom. The first kappa shape index (κ1) is 18.4. The van der Waals surface area contributed by atoms with E-state index in [1.165, 1.54) is 4.90 Å². The van der Waals surface area contributed by atoms with Crippen LogP contribution < -0.4 is 0 Å². The molecule has 1 atom stereocenters. The lowest BCUT2D eigenvalue weighted by molar-refractivity contribution is -0.144. The number of allylic oxidation sites excluding steroid dienone is 1. The number of carboxylic acids is 1. The van der Waals surface area contributed by atoms with Crippen molar-refractivity contribution in [3.63, 3.8) is 0 Å². The molecule has 0 aromatic carbocycles. The lowest BCUT2D eigenvalue weighted by Gasteiger charge is -2.49. The van der Waals surface area contributed by atoms with Crippen LogP contribution in [0.3, 0.4) is 0 Å². The van der Waals surface area contributed by atoms with E-state index in [0.29, 0.717) is 38.9 Å². The van der Waals surface area contributed by atoms with Gasteiger partial charge < -0.3 is 14.9 Å². The SMILES string of the molecule is CC(C)=CC(=O)N1CCN(C)[C@]2(CCC(=O)N(CC(=O)O)CC2)C1. The van der Waals surface area contributed by atoms with Crippen LogP contribution in [0.5, 0.6) is 0 Å². The summed E-state index contributed by atoms with van der Waals surface area (Å²) in [5.74, 6) is -1.09. The van der Waals surface area contributed by atoms with Crippen LogP contribution in [0.1, 0.15) is 33.1 Å². The number of carbonyl (C=O) groups is 3. The minimum atomic E-state index is -0.989. The van der Waals surface area contributed by atoms with E-state index in [1.807, 2.05) is 25.8 Å². The molecule has 1 spiro atoms. The van der Waals surface area contributed by atoms with Gasteiger partial charge in [-0.05, 0) is 33.7 Å². The van der Waals surface area contributed by atoms with Gasteiger partial charge in [0.25, 0.3) is 0 Å². The van der Waals surface area contributed by atoms with Crippen molar-refractivity contribution < 1.29 is 19.5 Å². The number of hydrogen-bond donors (Lipinski definition) is 1. The zero-order valence-corrected chi connectivity index (χ0v) is 14.7. The molecule has 1 N–H and O–H groups in total. The molecule has 134 valence electrons. The summed E-state index contributed by atoms with van der Waals surface area (Å²) in [5.41, 5.74) is 0.711. The molecule has 7 nitrogen and oxygen atoms in total. The Morgan fingerprint density at radius 2 is 1.92 bits per heavy atom. The second kappa shape index (κ2) is 7.34. The van der Waals surface area contributed by atoms with Crippen molar-refractivity contribution in [2.45, 2.75) is 38.6 Å². The molecule has 2 amide bonds. The maximum absolute atomic E-state index is 12.4. The van der Waals surface area contributed by atoms with Crippen LogP contribution in [0.15, 0.2) is 11.6 Å². The molecule has 0 saturated carbocycles. The van der Waals surface area contributed by atoms with Crippen LogP contribution in [-0.2, 0) is 14.4 Å². The highest BCUT2D eigenvalue weighted by atomic mass is 16.4. The largest absolute Gasteiger partial charge is 0.480 e. The molecule has 2 saturated heterocycles. The fourth-order valence-corrected chi connectivity index (χ4v) is 3.55. The summed E-state index contributed by atoms with van der Waals surface area (Å²) in [6, 6.07) is 0. The number of amides is 2. The van der Waals surface area contributed by atoms with Gasteiger partial charge in [-0.2, -0.15) is 0 Å². The molecule has 2 aliphatic heterocycles. The maximum atomic E-state index is 12.4. The third-order valence-electron chi connectivity index (χ3n) is 5.05. The third-order valence-corrected chi connectivity index (χ3v) is 5.05. The lowest BCUT2D eigenvalue weighted by Crippen LogP contribution is -2.62. The Balaban J connectivity index is 2.14. The van der Waals surface area contributed by atoms with Gasteiger partial charge in [0.1, 0.15) is 6.54 Å². The predicted octanol–water partition coefficient (Wildman–Crippen LogP) is 0.563. The van der Waals surface area contributed by atoms with Gasteiger partial charge in [-0.15, -0.1) is 0 Å². The van der Waals surface area contributed by atoms with E-state index in [9.17, 15) is 14.4 Å². The Labute approximate surface area is 142 Å². The van der Waals surface area contributed by atoms with Crippen LogP contribution in [0.25, 0.3) is 0 Å². The molecule has 0 aromatic rings. The van der Waals surface area contributed by atoms with Gasteiger partial charge in [0, 0.05) is 44.2 Å². The molecular formula is C17H27N3O4. The number of piperazine rings is 1. The summed E-state index contributed by atoms with van der Waals surface area (Å²) < 4.78 is 0. The van der Waals surface area contributed by atoms with E-state index < -0.39 is 5.97 Å². The van der Waals surface area contributed by atoms with Crippen LogP contribution in [-0.4, -0.2) is 82.9 Å². The highest BCUT2D eigenvalue weighted by Gasteiger charge is 2.43. The Morgan fingerprint density at radius 3 is 2.54 bits per heavy atom. The van der Waals surface area contributed by atoms with Crippen LogP contribution in [0, 0.1) is 0 Å². The summed E-state index contributed by atoms with van der Waals surface area (Å²) in [6.45, 7) is 5.98. The number of nitrogens with zero attached hydrogens (tertiary/aromatic N) is 3. The normalized spacial score (nSPS) is 25.5. The van der Waals surface area contributed by atoms with Gasteiger partial charge in [0.05, 0.1) is 0 Å². The fraction of sp³-hybridized carbons (Fsp3) is 0.706. The number of aliphatic carboxylic acids is 1. The molecule has 0 unspecified atom stereocenters. The van der Waals surface area contributed by atoms with Gasteiger partial charge in [-0.3, -0.25) is 19.3 Å². The quantitative estimate of drug-likeness (QED) is 0.761. The van der Waals surface area contributed by atoms with Gasteiger partial charge in [0.15, 0.2) is 0 Å². The number of rotatable bonds is 3. The van der Waals surface area contributed by atoms with Crippen LogP contribution in [0.4, 0.5) is 0 Å². The molecule has 2 fully saturated rings. The smallest absolute Gasteiger partial charge is 0.323 e. The standard InChI is InChI=1S/C17H27N3O4/c1-13(2)10-15(22)20-9-8-18(3)17(12-20)5-4-14(21)19(7-6-17)11-16(23)24/h10H,4-9,11-12H2,1-3H3,(H,23,24)/t17-/m0/s1. The minimum Gasteiger partial charge on any atom is -0.480 e. The van der Waals surface area contributed by atoms with E-state index in [0.717, 1.165) is 12.1 Å².